The first-order chi connectivity index (χ1) is 17.7. The molecule has 3 aromatic rings. The summed E-state index contributed by atoms with van der Waals surface area (Å²) in [5, 5.41) is 19.8. The molecule has 0 aliphatic heterocycles. The van der Waals surface area contributed by atoms with Crippen LogP contribution < -0.4 is 10.2 Å². The van der Waals surface area contributed by atoms with E-state index in [-0.39, 0.29) is 5.82 Å². The number of nitrogens with one attached hydrogen (secondary N) is 2. The number of aliphatic imine (C=N–C) groups is 1. The molecule has 0 unspecified atom stereocenters. The number of anilines is 2. The molecule has 2 aromatic heterocycles. The lowest BCUT2D eigenvalue weighted by Crippen LogP contribution is -2.25. The van der Waals surface area contributed by atoms with Crippen LogP contribution in [0, 0.1) is 18.7 Å². The Morgan fingerprint density at radius 1 is 1.30 bits per heavy atom. The molecule has 2 N–H and O–H groups in total. The van der Waals surface area contributed by atoms with Crippen LogP contribution in [-0.4, -0.2) is 44.3 Å². The standard InChI is InChI=1S/C27H35FN8S/c1-8-16(2)25(22-15-29-36(6)34-22)26(19-9-10-19)27(31-24-13-17(3)32-33-24)30-18(4)35(5)23-12-11-20(37-7)14-21(23)28/h11-15,19H,8-10H2,1-7H3,(H2,31,32,33)/b25-16+,27-26+,30-18+. The molecule has 0 bridgehead atoms. The summed E-state index contributed by atoms with van der Waals surface area (Å²) in [7, 11) is 3.66. The minimum Gasteiger partial charge on any atom is -0.331 e. The molecule has 0 radical (unpaired) electrons. The van der Waals surface area contributed by atoms with E-state index in [1.54, 1.807) is 28.0 Å². The minimum absolute atomic E-state index is 0.283. The predicted molar refractivity (Wildman–Crippen MR) is 150 cm³/mol. The normalized spacial score (nSPS) is 15.4. The van der Waals surface area contributed by atoms with Crippen LogP contribution in [0.5, 0.6) is 0 Å². The molecule has 1 fully saturated rings. The van der Waals surface area contributed by atoms with Crippen LogP contribution in [-0.2, 0) is 7.05 Å². The van der Waals surface area contributed by atoms with Gasteiger partial charge in [0.25, 0.3) is 0 Å². The van der Waals surface area contributed by atoms with Crippen molar-refractivity contribution in [2.45, 2.75) is 51.9 Å². The predicted octanol–water partition coefficient (Wildman–Crippen LogP) is 6.18. The zero-order chi connectivity index (χ0) is 26.7. The molecule has 10 heteroatoms. The SMILES string of the molecule is CC/C(C)=C(/C(=C(\N=C(/C)N(C)c1ccc(SC)cc1F)Nc1cc(C)[nH]n1)C1CC1)c1cnn(C)n1. The zero-order valence-electron chi connectivity index (χ0n) is 22.6. The second-order valence-corrected chi connectivity index (χ2v) is 10.2. The fourth-order valence-electron chi connectivity index (χ4n) is 4.17. The largest absolute Gasteiger partial charge is 0.331 e. The maximum atomic E-state index is 15.0. The van der Waals surface area contributed by atoms with Gasteiger partial charge in [-0.25, -0.2) is 9.38 Å². The van der Waals surface area contributed by atoms with Crippen LogP contribution >= 0.6 is 11.8 Å². The number of amidine groups is 1. The Kier molecular flexibility index (Phi) is 8.16. The summed E-state index contributed by atoms with van der Waals surface area (Å²) in [5.74, 6) is 2.06. The highest BCUT2D eigenvalue weighted by Gasteiger charge is 2.34. The van der Waals surface area contributed by atoms with E-state index in [2.05, 4.69) is 39.6 Å². The third-order valence-electron chi connectivity index (χ3n) is 6.55. The number of rotatable bonds is 9. The van der Waals surface area contributed by atoms with Gasteiger partial charge in [0, 0.05) is 41.9 Å². The van der Waals surface area contributed by atoms with Gasteiger partial charge >= 0.3 is 0 Å². The van der Waals surface area contributed by atoms with E-state index in [1.807, 2.05) is 46.3 Å². The lowest BCUT2D eigenvalue weighted by Gasteiger charge is -2.22. The molecule has 1 saturated carbocycles. The van der Waals surface area contributed by atoms with Crippen molar-refractivity contribution in [3.05, 3.63) is 64.6 Å². The van der Waals surface area contributed by atoms with Gasteiger partial charge in [-0.3, -0.25) is 5.10 Å². The number of hydrogen-bond acceptors (Lipinski definition) is 6. The first-order valence-corrected chi connectivity index (χ1v) is 13.7. The van der Waals surface area contributed by atoms with Crippen molar-refractivity contribution in [2.75, 3.05) is 23.5 Å². The van der Waals surface area contributed by atoms with Gasteiger partial charge < -0.3 is 10.2 Å². The number of halogens is 1. The minimum atomic E-state index is -0.283. The molecule has 196 valence electrons. The number of aromatic nitrogens is 5. The topological polar surface area (TPSA) is 87.0 Å². The molecule has 0 saturated heterocycles. The van der Waals surface area contributed by atoms with Gasteiger partial charge in [0.1, 0.15) is 23.2 Å². The molecule has 0 amide bonds. The van der Waals surface area contributed by atoms with Crippen LogP contribution in [0.1, 0.15) is 51.4 Å². The maximum absolute atomic E-state index is 15.0. The Labute approximate surface area is 222 Å². The first-order valence-electron chi connectivity index (χ1n) is 12.4. The van der Waals surface area contributed by atoms with E-state index >= 15 is 0 Å². The molecule has 1 aliphatic carbocycles. The highest BCUT2D eigenvalue weighted by molar-refractivity contribution is 7.98. The molecule has 4 rings (SSSR count). The highest BCUT2D eigenvalue weighted by atomic mass is 32.2. The number of hydrogen-bond donors (Lipinski definition) is 2. The number of H-pyrrole nitrogens is 1. The van der Waals surface area contributed by atoms with Gasteiger partial charge in [0.15, 0.2) is 5.82 Å². The number of aromatic amines is 1. The molecule has 37 heavy (non-hydrogen) atoms. The van der Waals surface area contributed by atoms with Crippen LogP contribution in [0.15, 0.2) is 57.3 Å². The van der Waals surface area contributed by atoms with Crippen molar-refractivity contribution in [3.8, 4) is 0 Å². The van der Waals surface area contributed by atoms with Crippen molar-refractivity contribution in [1.82, 2.24) is 25.2 Å². The monoisotopic (exact) mass is 522 g/mol. The lowest BCUT2D eigenvalue weighted by atomic mass is 9.93. The van der Waals surface area contributed by atoms with Crippen molar-refractivity contribution in [2.24, 2.45) is 18.0 Å². The van der Waals surface area contributed by atoms with Gasteiger partial charge in [-0.15, -0.1) is 11.8 Å². The van der Waals surface area contributed by atoms with E-state index in [0.717, 1.165) is 46.7 Å². The van der Waals surface area contributed by atoms with Crippen molar-refractivity contribution in [1.29, 1.82) is 0 Å². The van der Waals surface area contributed by atoms with Gasteiger partial charge in [-0.05, 0) is 70.4 Å². The molecule has 8 nitrogen and oxygen atoms in total. The van der Waals surface area contributed by atoms with Crippen molar-refractivity contribution >= 4 is 34.7 Å². The van der Waals surface area contributed by atoms with E-state index in [4.69, 9.17) is 4.99 Å². The third-order valence-corrected chi connectivity index (χ3v) is 7.28. The van der Waals surface area contributed by atoms with Crippen LogP contribution in [0.4, 0.5) is 15.9 Å². The van der Waals surface area contributed by atoms with Crippen molar-refractivity contribution < 1.29 is 4.39 Å². The number of allylic oxidation sites excluding steroid dienone is 3. The fraction of sp³-hybridized carbons (Fsp3) is 0.407. The summed E-state index contributed by atoms with van der Waals surface area (Å²) in [6, 6.07) is 7.21. The molecule has 0 spiro atoms. The summed E-state index contributed by atoms with van der Waals surface area (Å²) in [6.07, 6.45) is 6.74. The molecule has 0 atom stereocenters. The van der Waals surface area contributed by atoms with Crippen LogP contribution in [0.3, 0.4) is 0 Å². The van der Waals surface area contributed by atoms with Gasteiger partial charge in [-0.2, -0.15) is 20.1 Å². The number of benzene rings is 1. The Morgan fingerprint density at radius 3 is 2.59 bits per heavy atom. The van der Waals surface area contributed by atoms with E-state index in [1.165, 1.54) is 17.3 Å². The second-order valence-electron chi connectivity index (χ2n) is 9.36. The van der Waals surface area contributed by atoms with Crippen LogP contribution in [0.2, 0.25) is 0 Å². The lowest BCUT2D eigenvalue weighted by molar-refractivity contribution is 0.624. The highest BCUT2D eigenvalue weighted by Crippen LogP contribution is 2.46. The molecule has 1 aromatic carbocycles. The van der Waals surface area contributed by atoms with E-state index < -0.39 is 0 Å². The Hall–Kier alpha value is -3.40. The third kappa shape index (κ3) is 6.12. The Bertz CT molecular complexity index is 1360. The Morgan fingerprint density at radius 2 is 2.05 bits per heavy atom. The fourth-order valence-corrected chi connectivity index (χ4v) is 4.59. The Balaban J connectivity index is 1.87. The van der Waals surface area contributed by atoms with Gasteiger partial charge in [-0.1, -0.05) is 12.5 Å². The summed E-state index contributed by atoms with van der Waals surface area (Å²) in [6.45, 7) is 8.12. The van der Waals surface area contributed by atoms with Gasteiger partial charge in [0.05, 0.1) is 11.9 Å². The second kappa shape index (κ2) is 11.3. The average Bonchev–Trinajstić information content (AvgIpc) is 3.50. The number of aryl methyl sites for hydroxylation is 2. The molecule has 1 aliphatic rings. The van der Waals surface area contributed by atoms with Crippen LogP contribution in [0.25, 0.3) is 5.57 Å². The smallest absolute Gasteiger partial charge is 0.153 e. The quantitative estimate of drug-likeness (QED) is 0.151. The summed E-state index contributed by atoms with van der Waals surface area (Å²) >= 11 is 1.51. The van der Waals surface area contributed by atoms with E-state index in [9.17, 15) is 4.39 Å². The summed E-state index contributed by atoms with van der Waals surface area (Å²) in [5.41, 5.74) is 5.59. The van der Waals surface area contributed by atoms with Crippen molar-refractivity contribution in [3.63, 3.8) is 0 Å². The first kappa shape index (κ1) is 26.7. The summed E-state index contributed by atoms with van der Waals surface area (Å²) in [4.78, 5) is 9.31. The maximum Gasteiger partial charge on any atom is 0.153 e. The molecule has 2 heterocycles. The molecular formula is C27H35FN8S. The zero-order valence-corrected chi connectivity index (χ0v) is 23.4. The van der Waals surface area contributed by atoms with E-state index in [0.29, 0.717) is 29.1 Å². The van der Waals surface area contributed by atoms with Gasteiger partial charge in [0.2, 0.25) is 0 Å². The average molecular weight is 523 g/mol. The number of thioether (sulfide) groups is 1. The summed E-state index contributed by atoms with van der Waals surface area (Å²) < 4.78 is 15.0. The molecular weight excluding hydrogens is 487 g/mol. The number of nitrogens with zero attached hydrogens (tertiary/aromatic N) is 6.